The second kappa shape index (κ2) is 5.25. The molecule has 0 atom stereocenters. The Morgan fingerprint density at radius 2 is 1.75 bits per heavy atom. The van der Waals surface area contributed by atoms with Gasteiger partial charge >= 0.3 is 6.18 Å². The lowest BCUT2D eigenvalue weighted by Gasteiger charge is -2.09. The molecule has 20 heavy (non-hydrogen) atoms. The maximum absolute atomic E-state index is 13.6. The second-order valence-electron chi connectivity index (χ2n) is 4.03. The lowest BCUT2D eigenvalue weighted by molar-refractivity contribution is -0.137. The van der Waals surface area contributed by atoms with Crippen LogP contribution >= 0.6 is 11.6 Å². The molecule has 0 N–H and O–H groups in total. The standard InChI is InChI=1S/C14H7ClF4O/c15-10-3-1-2-8(6-10)13(20)11-7-9(14(17,18)19)4-5-12(11)16/h1-7H. The molecular formula is C14H7ClF4O. The van der Waals surface area contributed by atoms with Gasteiger partial charge in [0.05, 0.1) is 11.1 Å². The van der Waals surface area contributed by atoms with Crippen molar-refractivity contribution in [1.29, 1.82) is 0 Å². The van der Waals surface area contributed by atoms with Gasteiger partial charge < -0.3 is 0 Å². The zero-order chi connectivity index (χ0) is 14.9. The van der Waals surface area contributed by atoms with Crippen molar-refractivity contribution in [1.82, 2.24) is 0 Å². The maximum Gasteiger partial charge on any atom is 0.416 e. The summed E-state index contributed by atoms with van der Waals surface area (Å²) in [6.07, 6.45) is -4.64. The number of hydrogen-bond donors (Lipinski definition) is 0. The van der Waals surface area contributed by atoms with Crippen LogP contribution in [0.25, 0.3) is 0 Å². The molecule has 104 valence electrons. The Morgan fingerprint density at radius 3 is 2.35 bits per heavy atom. The Hall–Kier alpha value is -1.88. The number of alkyl halides is 3. The Morgan fingerprint density at radius 1 is 1.05 bits per heavy atom. The van der Waals surface area contributed by atoms with Gasteiger partial charge in [0.15, 0.2) is 5.78 Å². The summed E-state index contributed by atoms with van der Waals surface area (Å²) in [4.78, 5) is 12.0. The van der Waals surface area contributed by atoms with E-state index in [1.54, 1.807) is 0 Å². The summed E-state index contributed by atoms with van der Waals surface area (Å²) in [5.74, 6) is -1.86. The molecule has 0 fully saturated rings. The Labute approximate surface area is 116 Å². The van der Waals surface area contributed by atoms with Gasteiger partial charge in [-0.2, -0.15) is 13.2 Å². The maximum atomic E-state index is 13.6. The van der Waals surface area contributed by atoms with Crippen LogP contribution in [0.5, 0.6) is 0 Å². The van der Waals surface area contributed by atoms with Gasteiger partial charge in [0.25, 0.3) is 0 Å². The highest BCUT2D eigenvalue weighted by Gasteiger charge is 2.32. The molecule has 0 bridgehead atoms. The number of carbonyl (C=O) groups excluding carboxylic acids is 1. The van der Waals surface area contributed by atoms with Crippen LogP contribution < -0.4 is 0 Å². The van der Waals surface area contributed by atoms with Gasteiger partial charge in [0, 0.05) is 10.6 Å². The normalized spacial score (nSPS) is 11.4. The van der Waals surface area contributed by atoms with Crippen molar-refractivity contribution in [3.63, 3.8) is 0 Å². The molecule has 0 saturated carbocycles. The molecule has 0 aromatic heterocycles. The number of carbonyl (C=O) groups is 1. The SMILES string of the molecule is O=C(c1cccc(Cl)c1)c1cc(C(F)(F)F)ccc1F. The minimum absolute atomic E-state index is 0.0238. The third-order valence-electron chi connectivity index (χ3n) is 2.63. The van der Waals surface area contributed by atoms with Crippen molar-refractivity contribution >= 4 is 17.4 Å². The monoisotopic (exact) mass is 302 g/mol. The highest BCUT2D eigenvalue weighted by molar-refractivity contribution is 6.31. The van der Waals surface area contributed by atoms with Crippen molar-refractivity contribution < 1.29 is 22.4 Å². The average molecular weight is 303 g/mol. The van der Waals surface area contributed by atoms with Crippen LogP contribution in [0.3, 0.4) is 0 Å². The molecule has 0 saturated heterocycles. The van der Waals surface area contributed by atoms with E-state index in [9.17, 15) is 22.4 Å². The van der Waals surface area contributed by atoms with Crippen LogP contribution in [-0.2, 0) is 6.18 Å². The lowest BCUT2D eigenvalue weighted by atomic mass is 10.0. The van der Waals surface area contributed by atoms with E-state index in [1.165, 1.54) is 24.3 Å². The molecule has 0 heterocycles. The Balaban J connectivity index is 2.49. The first kappa shape index (κ1) is 14.5. The fourth-order valence-corrected chi connectivity index (χ4v) is 1.85. The molecule has 2 rings (SSSR count). The van der Waals surface area contributed by atoms with Gasteiger partial charge in [-0.15, -0.1) is 0 Å². The molecule has 0 aliphatic rings. The van der Waals surface area contributed by atoms with Crippen LogP contribution in [0.1, 0.15) is 21.5 Å². The van der Waals surface area contributed by atoms with Crippen LogP contribution in [0.15, 0.2) is 42.5 Å². The van der Waals surface area contributed by atoms with Gasteiger partial charge in [0.2, 0.25) is 0 Å². The molecule has 0 spiro atoms. The summed E-state index contributed by atoms with van der Waals surface area (Å²) in [5.41, 5.74) is -1.69. The quantitative estimate of drug-likeness (QED) is 0.579. The first-order chi connectivity index (χ1) is 9.29. The second-order valence-corrected chi connectivity index (χ2v) is 4.47. The summed E-state index contributed by atoms with van der Waals surface area (Å²) in [6, 6.07) is 7.29. The fraction of sp³-hybridized carbons (Fsp3) is 0.0714. The fourth-order valence-electron chi connectivity index (χ4n) is 1.66. The van der Waals surface area contributed by atoms with E-state index in [0.717, 1.165) is 0 Å². The van der Waals surface area contributed by atoms with E-state index in [-0.39, 0.29) is 10.6 Å². The smallest absolute Gasteiger partial charge is 0.288 e. The van der Waals surface area contributed by atoms with Crippen molar-refractivity contribution in [2.45, 2.75) is 6.18 Å². The van der Waals surface area contributed by atoms with Gasteiger partial charge in [-0.05, 0) is 30.3 Å². The zero-order valence-electron chi connectivity index (χ0n) is 9.84. The number of rotatable bonds is 2. The van der Waals surface area contributed by atoms with E-state index in [0.29, 0.717) is 18.2 Å². The van der Waals surface area contributed by atoms with Crippen LogP contribution in [-0.4, -0.2) is 5.78 Å². The van der Waals surface area contributed by atoms with Gasteiger partial charge in [0.1, 0.15) is 5.82 Å². The summed E-state index contributed by atoms with van der Waals surface area (Å²) >= 11 is 5.69. The van der Waals surface area contributed by atoms with E-state index in [4.69, 9.17) is 11.6 Å². The highest BCUT2D eigenvalue weighted by Crippen LogP contribution is 2.31. The van der Waals surface area contributed by atoms with E-state index in [2.05, 4.69) is 0 Å². The summed E-state index contributed by atoms with van der Waals surface area (Å²) < 4.78 is 51.3. The molecule has 6 heteroatoms. The van der Waals surface area contributed by atoms with Gasteiger partial charge in [-0.1, -0.05) is 23.7 Å². The minimum Gasteiger partial charge on any atom is -0.288 e. The molecule has 2 aromatic rings. The predicted octanol–water partition coefficient (Wildman–Crippen LogP) is 4.73. The van der Waals surface area contributed by atoms with Crippen molar-refractivity contribution in [2.24, 2.45) is 0 Å². The van der Waals surface area contributed by atoms with E-state index in [1.807, 2.05) is 0 Å². The van der Waals surface area contributed by atoms with Gasteiger partial charge in [-0.3, -0.25) is 4.79 Å². The lowest BCUT2D eigenvalue weighted by Crippen LogP contribution is -2.10. The van der Waals surface area contributed by atoms with Crippen molar-refractivity contribution in [2.75, 3.05) is 0 Å². The minimum atomic E-state index is -4.64. The third kappa shape index (κ3) is 2.99. The van der Waals surface area contributed by atoms with Gasteiger partial charge in [-0.25, -0.2) is 4.39 Å². The molecular weight excluding hydrogens is 296 g/mol. The molecule has 0 aliphatic heterocycles. The molecule has 0 unspecified atom stereocenters. The molecule has 2 aromatic carbocycles. The number of halogens is 5. The number of benzene rings is 2. The first-order valence-electron chi connectivity index (χ1n) is 5.46. The summed E-state index contributed by atoms with van der Waals surface area (Å²) in [7, 11) is 0. The molecule has 0 radical (unpaired) electrons. The zero-order valence-corrected chi connectivity index (χ0v) is 10.6. The Kier molecular flexibility index (Phi) is 3.81. The summed E-state index contributed by atoms with van der Waals surface area (Å²) in [6.45, 7) is 0. The number of ketones is 1. The third-order valence-corrected chi connectivity index (χ3v) is 2.86. The Bertz CT molecular complexity index is 664. The first-order valence-corrected chi connectivity index (χ1v) is 5.84. The molecule has 0 amide bonds. The topological polar surface area (TPSA) is 17.1 Å². The average Bonchev–Trinajstić information content (AvgIpc) is 2.37. The highest BCUT2D eigenvalue weighted by atomic mass is 35.5. The van der Waals surface area contributed by atoms with Crippen LogP contribution in [0.4, 0.5) is 17.6 Å². The van der Waals surface area contributed by atoms with Crippen LogP contribution in [0, 0.1) is 5.82 Å². The largest absolute Gasteiger partial charge is 0.416 e. The molecule has 0 aliphatic carbocycles. The van der Waals surface area contributed by atoms with Crippen LogP contribution in [0.2, 0.25) is 5.02 Å². The van der Waals surface area contributed by atoms with Crippen molar-refractivity contribution in [3.8, 4) is 0 Å². The van der Waals surface area contributed by atoms with E-state index >= 15 is 0 Å². The van der Waals surface area contributed by atoms with Crippen molar-refractivity contribution in [3.05, 3.63) is 70.0 Å². The van der Waals surface area contributed by atoms with E-state index < -0.39 is 28.9 Å². The number of hydrogen-bond acceptors (Lipinski definition) is 1. The summed E-state index contributed by atoms with van der Waals surface area (Å²) in [5, 5.41) is 0.239. The predicted molar refractivity (Wildman–Crippen MR) is 66.3 cm³/mol. The molecule has 1 nitrogen and oxygen atoms in total.